The van der Waals surface area contributed by atoms with E-state index in [0.717, 1.165) is 5.75 Å². The number of hydrogen-bond acceptors (Lipinski definition) is 2. The summed E-state index contributed by atoms with van der Waals surface area (Å²) in [6.45, 7) is 2.14. The summed E-state index contributed by atoms with van der Waals surface area (Å²) in [7, 11) is 1.68. The first-order valence-electron chi connectivity index (χ1n) is 5.03. The van der Waals surface area contributed by atoms with Gasteiger partial charge in [-0.3, -0.25) is 0 Å². The Balaban J connectivity index is 2.27. The van der Waals surface area contributed by atoms with Crippen molar-refractivity contribution >= 4 is 27.3 Å². The van der Waals surface area contributed by atoms with Crippen molar-refractivity contribution in [1.29, 1.82) is 0 Å². The molecule has 0 N–H and O–H groups in total. The SMILES string of the molecule is COc1ccc(C(Br)c2cscc2C)cc1. The molecule has 1 aromatic carbocycles. The summed E-state index contributed by atoms with van der Waals surface area (Å²) in [5.41, 5.74) is 3.93. The molecule has 1 atom stereocenters. The molecule has 1 aromatic heterocycles. The third-order valence-electron chi connectivity index (χ3n) is 2.58. The number of methoxy groups -OCH3 is 1. The van der Waals surface area contributed by atoms with Crippen molar-refractivity contribution in [2.75, 3.05) is 7.11 Å². The van der Waals surface area contributed by atoms with E-state index < -0.39 is 0 Å². The lowest BCUT2D eigenvalue weighted by molar-refractivity contribution is 0.414. The fourth-order valence-corrected chi connectivity index (χ4v) is 3.43. The zero-order valence-corrected chi connectivity index (χ0v) is 11.6. The van der Waals surface area contributed by atoms with E-state index in [0.29, 0.717) is 0 Å². The van der Waals surface area contributed by atoms with Crippen LogP contribution in [0.1, 0.15) is 21.5 Å². The Kier molecular flexibility index (Phi) is 3.66. The number of aryl methyl sites for hydroxylation is 1. The Labute approximate surface area is 108 Å². The number of alkyl halides is 1. The molecular formula is C13H13BrOS. The molecule has 0 aliphatic carbocycles. The summed E-state index contributed by atoms with van der Waals surface area (Å²) in [5.74, 6) is 0.894. The molecule has 0 spiro atoms. The van der Waals surface area contributed by atoms with Gasteiger partial charge in [0.1, 0.15) is 5.75 Å². The van der Waals surface area contributed by atoms with E-state index in [4.69, 9.17) is 4.74 Å². The summed E-state index contributed by atoms with van der Waals surface area (Å²) in [4.78, 5) is 0.268. The zero-order chi connectivity index (χ0) is 11.5. The number of hydrogen-bond donors (Lipinski definition) is 0. The fraction of sp³-hybridized carbons (Fsp3) is 0.231. The van der Waals surface area contributed by atoms with Crippen molar-refractivity contribution in [3.05, 3.63) is 51.7 Å². The Morgan fingerprint density at radius 3 is 2.38 bits per heavy atom. The highest BCUT2D eigenvalue weighted by Gasteiger charge is 2.13. The fourth-order valence-electron chi connectivity index (χ4n) is 1.58. The molecule has 1 nitrogen and oxygen atoms in total. The van der Waals surface area contributed by atoms with Crippen molar-refractivity contribution in [2.24, 2.45) is 0 Å². The monoisotopic (exact) mass is 296 g/mol. The Bertz CT molecular complexity index is 461. The van der Waals surface area contributed by atoms with Crippen LogP contribution in [0.15, 0.2) is 35.0 Å². The van der Waals surface area contributed by atoms with Crippen molar-refractivity contribution in [1.82, 2.24) is 0 Å². The van der Waals surface area contributed by atoms with E-state index in [1.54, 1.807) is 18.4 Å². The summed E-state index contributed by atoms with van der Waals surface area (Å²) in [6, 6.07) is 8.17. The molecule has 0 amide bonds. The highest BCUT2D eigenvalue weighted by Crippen LogP contribution is 2.35. The molecule has 0 fully saturated rings. The van der Waals surface area contributed by atoms with Crippen LogP contribution in [0.25, 0.3) is 0 Å². The summed E-state index contributed by atoms with van der Waals surface area (Å²) < 4.78 is 5.15. The standard InChI is InChI=1S/C13H13BrOS/c1-9-7-16-8-12(9)13(14)10-3-5-11(15-2)6-4-10/h3-8,13H,1-2H3. The van der Waals surface area contributed by atoms with Crippen LogP contribution in [0.4, 0.5) is 0 Å². The average molecular weight is 297 g/mol. The van der Waals surface area contributed by atoms with E-state index in [1.807, 2.05) is 12.1 Å². The van der Waals surface area contributed by atoms with Crippen molar-refractivity contribution in [3.8, 4) is 5.75 Å². The second-order valence-corrected chi connectivity index (χ2v) is 5.31. The van der Waals surface area contributed by atoms with Gasteiger partial charge in [-0.05, 0) is 46.5 Å². The first-order chi connectivity index (χ1) is 7.72. The molecule has 3 heteroatoms. The minimum atomic E-state index is 0.268. The highest BCUT2D eigenvalue weighted by molar-refractivity contribution is 9.09. The van der Waals surface area contributed by atoms with Gasteiger partial charge in [0.2, 0.25) is 0 Å². The molecule has 0 aliphatic rings. The second kappa shape index (κ2) is 5.02. The molecule has 1 unspecified atom stereocenters. The highest BCUT2D eigenvalue weighted by atomic mass is 79.9. The minimum Gasteiger partial charge on any atom is -0.497 e. The van der Waals surface area contributed by atoms with Crippen LogP contribution in [0.5, 0.6) is 5.75 Å². The summed E-state index contributed by atoms with van der Waals surface area (Å²) in [5, 5.41) is 4.37. The molecule has 0 radical (unpaired) electrons. The minimum absolute atomic E-state index is 0.268. The van der Waals surface area contributed by atoms with Gasteiger partial charge >= 0.3 is 0 Å². The largest absolute Gasteiger partial charge is 0.497 e. The summed E-state index contributed by atoms with van der Waals surface area (Å²) in [6.07, 6.45) is 0. The molecule has 2 aromatic rings. The Hall–Kier alpha value is -0.800. The molecule has 2 rings (SSSR count). The van der Waals surface area contributed by atoms with Crippen molar-refractivity contribution in [3.63, 3.8) is 0 Å². The predicted molar refractivity (Wildman–Crippen MR) is 72.8 cm³/mol. The molecule has 84 valence electrons. The normalized spacial score (nSPS) is 12.4. The van der Waals surface area contributed by atoms with E-state index in [1.165, 1.54) is 16.7 Å². The van der Waals surface area contributed by atoms with Crippen LogP contribution in [-0.2, 0) is 0 Å². The number of benzene rings is 1. The maximum absolute atomic E-state index is 5.15. The lowest BCUT2D eigenvalue weighted by Crippen LogP contribution is -1.93. The van der Waals surface area contributed by atoms with E-state index in [2.05, 4.69) is 45.7 Å². The predicted octanol–water partition coefficient (Wildman–Crippen LogP) is 4.55. The number of rotatable bonds is 3. The quantitative estimate of drug-likeness (QED) is 0.755. The second-order valence-electron chi connectivity index (χ2n) is 3.65. The molecule has 0 saturated heterocycles. The van der Waals surface area contributed by atoms with Gasteiger partial charge in [0.25, 0.3) is 0 Å². The Morgan fingerprint density at radius 2 is 1.88 bits per heavy atom. The Morgan fingerprint density at radius 1 is 1.19 bits per heavy atom. The maximum Gasteiger partial charge on any atom is 0.118 e. The van der Waals surface area contributed by atoms with Crippen LogP contribution in [0.3, 0.4) is 0 Å². The van der Waals surface area contributed by atoms with Crippen LogP contribution in [-0.4, -0.2) is 7.11 Å². The van der Waals surface area contributed by atoms with Gasteiger partial charge in [-0.15, -0.1) is 0 Å². The molecular weight excluding hydrogens is 284 g/mol. The molecule has 0 saturated carbocycles. The van der Waals surface area contributed by atoms with Crippen LogP contribution >= 0.6 is 27.3 Å². The topological polar surface area (TPSA) is 9.23 Å². The third-order valence-corrected chi connectivity index (χ3v) is 4.48. The lowest BCUT2D eigenvalue weighted by Gasteiger charge is -2.10. The average Bonchev–Trinajstić information content (AvgIpc) is 2.75. The number of ether oxygens (including phenoxy) is 1. The van der Waals surface area contributed by atoms with Gasteiger partial charge in [0.15, 0.2) is 0 Å². The van der Waals surface area contributed by atoms with Gasteiger partial charge in [-0.2, -0.15) is 11.3 Å². The maximum atomic E-state index is 5.15. The zero-order valence-electron chi connectivity index (χ0n) is 9.24. The van der Waals surface area contributed by atoms with Crippen LogP contribution in [0, 0.1) is 6.92 Å². The molecule has 0 bridgehead atoms. The van der Waals surface area contributed by atoms with Gasteiger partial charge in [-0.1, -0.05) is 28.1 Å². The van der Waals surface area contributed by atoms with Crippen molar-refractivity contribution < 1.29 is 4.74 Å². The van der Waals surface area contributed by atoms with Crippen LogP contribution in [0.2, 0.25) is 0 Å². The summed E-state index contributed by atoms with van der Waals surface area (Å²) >= 11 is 5.48. The third kappa shape index (κ3) is 2.30. The van der Waals surface area contributed by atoms with Gasteiger partial charge in [0, 0.05) is 0 Å². The first-order valence-corrected chi connectivity index (χ1v) is 6.89. The van der Waals surface area contributed by atoms with E-state index >= 15 is 0 Å². The molecule has 0 aliphatic heterocycles. The van der Waals surface area contributed by atoms with Crippen LogP contribution < -0.4 is 4.74 Å². The first kappa shape index (κ1) is 11.7. The molecule has 16 heavy (non-hydrogen) atoms. The van der Waals surface area contributed by atoms with Gasteiger partial charge in [-0.25, -0.2) is 0 Å². The number of halogens is 1. The van der Waals surface area contributed by atoms with E-state index in [-0.39, 0.29) is 4.83 Å². The number of thiophene rings is 1. The van der Waals surface area contributed by atoms with Gasteiger partial charge in [0.05, 0.1) is 11.9 Å². The lowest BCUT2D eigenvalue weighted by atomic mass is 10.0. The smallest absolute Gasteiger partial charge is 0.118 e. The van der Waals surface area contributed by atoms with E-state index in [9.17, 15) is 0 Å². The molecule has 1 heterocycles. The van der Waals surface area contributed by atoms with Gasteiger partial charge < -0.3 is 4.74 Å². The van der Waals surface area contributed by atoms with Crippen molar-refractivity contribution in [2.45, 2.75) is 11.8 Å².